The van der Waals surface area contributed by atoms with Crippen LogP contribution in [0.15, 0.2) is 63.1 Å². The lowest BCUT2D eigenvalue weighted by atomic mass is 10.3. The molecule has 0 bridgehead atoms. The minimum atomic E-state index is 0.689. The summed E-state index contributed by atoms with van der Waals surface area (Å²) >= 11 is 12.8. The first-order valence-electron chi connectivity index (χ1n) is 4.83. The van der Waals surface area contributed by atoms with Gasteiger partial charge in [-0.1, -0.05) is 23.2 Å². The number of benzene rings is 2. The van der Waals surface area contributed by atoms with Crippen molar-refractivity contribution in [3.63, 3.8) is 0 Å². The minimum absolute atomic E-state index is 0.689. The van der Waals surface area contributed by atoms with Crippen LogP contribution in [0.5, 0.6) is 0 Å². The maximum atomic E-state index is 5.78. The highest BCUT2D eigenvalue weighted by Gasteiger charge is 1.93. The number of hydrogen-bond acceptors (Lipinski definition) is 3. The van der Waals surface area contributed by atoms with Crippen molar-refractivity contribution >= 4 is 40.8 Å². The molecule has 0 unspecified atom stereocenters. The molecule has 2 rings (SSSR count). The van der Waals surface area contributed by atoms with Gasteiger partial charge in [-0.05, 0) is 48.5 Å². The predicted octanol–water partition coefficient (Wildman–Crippen LogP) is 5.78. The van der Waals surface area contributed by atoms with Crippen LogP contribution in [-0.4, -0.2) is 0 Å². The molecule has 17 heavy (non-hydrogen) atoms. The van der Waals surface area contributed by atoms with E-state index in [0.29, 0.717) is 10.0 Å². The van der Waals surface area contributed by atoms with Gasteiger partial charge >= 0.3 is 0 Å². The number of rotatable bonds is 3. The normalized spacial score (nSPS) is 10.9. The Morgan fingerprint density at radius 1 is 0.765 bits per heavy atom. The maximum absolute atomic E-state index is 5.78. The van der Waals surface area contributed by atoms with Crippen molar-refractivity contribution < 1.29 is 0 Å². The summed E-state index contributed by atoms with van der Waals surface area (Å²) in [4.78, 5) is 0.993. The fourth-order valence-corrected chi connectivity index (χ4v) is 1.86. The van der Waals surface area contributed by atoms with Crippen LogP contribution in [0.25, 0.3) is 0 Å². The van der Waals surface area contributed by atoms with Gasteiger partial charge in [0.1, 0.15) is 0 Å². The molecule has 0 aliphatic carbocycles. The van der Waals surface area contributed by atoms with E-state index in [0.717, 1.165) is 10.6 Å². The van der Waals surface area contributed by atoms with Crippen LogP contribution in [0, 0.1) is 0 Å². The van der Waals surface area contributed by atoms with E-state index in [9.17, 15) is 0 Å². The Morgan fingerprint density at radius 2 is 1.29 bits per heavy atom. The summed E-state index contributed by atoms with van der Waals surface area (Å²) < 4.78 is 4.03. The van der Waals surface area contributed by atoms with E-state index < -0.39 is 0 Å². The molecular weight excluding hydrogens is 275 g/mol. The summed E-state index contributed by atoms with van der Waals surface area (Å²) in [6.07, 6.45) is 0. The third-order valence-electron chi connectivity index (χ3n) is 1.94. The predicted molar refractivity (Wildman–Crippen MR) is 73.3 cm³/mol. The highest BCUT2D eigenvalue weighted by Crippen LogP contribution is 2.24. The molecule has 0 aromatic heterocycles. The van der Waals surface area contributed by atoms with Crippen molar-refractivity contribution in [2.45, 2.75) is 4.90 Å². The number of hydrogen-bond donors (Lipinski definition) is 0. The van der Waals surface area contributed by atoms with E-state index >= 15 is 0 Å². The highest BCUT2D eigenvalue weighted by molar-refractivity contribution is 7.97. The smallest absolute Gasteiger partial charge is 0.0864 e. The van der Waals surface area contributed by atoms with Gasteiger partial charge in [-0.15, -0.1) is 9.63 Å². The van der Waals surface area contributed by atoms with Crippen molar-refractivity contribution in [2.75, 3.05) is 0 Å². The van der Waals surface area contributed by atoms with E-state index in [1.807, 2.05) is 36.4 Å². The van der Waals surface area contributed by atoms with Gasteiger partial charge in [0.05, 0.1) is 5.69 Å². The lowest BCUT2D eigenvalue weighted by Crippen LogP contribution is -1.67. The third-order valence-corrected chi connectivity index (χ3v) is 3.09. The third kappa shape index (κ3) is 4.04. The summed E-state index contributed by atoms with van der Waals surface area (Å²) in [5, 5.41) is 5.46. The second-order valence-electron chi connectivity index (χ2n) is 3.20. The standard InChI is InChI=1S/C12H8Cl2N2S/c13-9-1-5-11(6-2-9)15-16-17-12-7-3-10(14)4-8-12/h1-8H. The van der Waals surface area contributed by atoms with Gasteiger partial charge in [0, 0.05) is 26.9 Å². The molecule has 0 radical (unpaired) electrons. The number of halogens is 2. The molecule has 0 saturated carbocycles. The lowest BCUT2D eigenvalue weighted by Gasteiger charge is -1.94. The van der Waals surface area contributed by atoms with Crippen molar-refractivity contribution in [2.24, 2.45) is 9.63 Å². The van der Waals surface area contributed by atoms with Gasteiger partial charge < -0.3 is 0 Å². The second-order valence-corrected chi connectivity index (χ2v) is 4.89. The Bertz CT molecular complexity index is 509. The van der Waals surface area contributed by atoms with E-state index in [4.69, 9.17) is 23.2 Å². The molecule has 0 heterocycles. The molecule has 86 valence electrons. The zero-order valence-electron chi connectivity index (χ0n) is 8.68. The first-order valence-corrected chi connectivity index (χ1v) is 6.36. The van der Waals surface area contributed by atoms with Crippen molar-refractivity contribution in [3.8, 4) is 0 Å². The maximum Gasteiger partial charge on any atom is 0.0864 e. The average molecular weight is 283 g/mol. The second kappa shape index (κ2) is 6.05. The van der Waals surface area contributed by atoms with Crippen molar-refractivity contribution in [3.05, 3.63) is 58.6 Å². The molecule has 0 saturated heterocycles. The largest absolute Gasteiger partial charge is 0.143 e. The Hall–Kier alpha value is -1.03. The molecule has 0 amide bonds. The van der Waals surface area contributed by atoms with Gasteiger partial charge in [-0.25, -0.2) is 0 Å². The molecule has 0 aliphatic rings. The highest BCUT2D eigenvalue weighted by atomic mass is 35.5. The fourth-order valence-electron chi connectivity index (χ4n) is 1.12. The van der Waals surface area contributed by atoms with E-state index in [1.165, 1.54) is 11.9 Å². The van der Waals surface area contributed by atoms with Gasteiger partial charge in [0.2, 0.25) is 0 Å². The SMILES string of the molecule is Clc1ccc(N=NSc2ccc(Cl)cc2)cc1. The minimum Gasteiger partial charge on any atom is -0.143 e. The summed E-state index contributed by atoms with van der Waals surface area (Å²) in [7, 11) is 0. The summed E-state index contributed by atoms with van der Waals surface area (Å²) in [6, 6.07) is 14.6. The Morgan fingerprint density at radius 3 is 1.88 bits per heavy atom. The number of nitrogens with zero attached hydrogens (tertiary/aromatic N) is 2. The van der Waals surface area contributed by atoms with Crippen LogP contribution in [0.3, 0.4) is 0 Å². The molecule has 5 heteroatoms. The zero-order chi connectivity index (χ0) is 12.1. The van der Waals surface area contributed by atoms with Gasteiger partial charge in [-0.3, -0.25) is 0 Å². The molecule has 2 nitrogen and oxygen atoms in total. The molecule has 0 atom stereocenters. The van der Waals surface area contributed by atoms with E-state index in [-0.39, 0.29) is 0 Å². The molecule has 0 N–H and O–H groups in total. The van der Waals surface area contributed by atoms with Gasteiger partial charge in [0.25, 0.3) is 0 Å². The van der Waals surface area contributed by atoms with Crippen LogP contribution in [0.4, 0.5) is 5.69 Å². The van der Waals surface area contributed by atoms with Crippen molar-refractivity contribution in [1.29, 1.82) is 0 Å². The zero-order valence-corrected chi connectivity index (χ0v) is 11.0. The van der Waals surface area contributed by atoms with E-state index in [2.05, 4.69) is 9.63 Å². The first-order chi connectivity index (χ1) is 8.24. The lowest BCUT2D eigenvalue weighted by molar-refractivity contribution is 1.32. The molecule has 0 aliphatic heterocycles. The monoisotopic (exact) mass is 282 g/mol. The van der Waals surface area contributed by atoms with Crippen LogP contribution in [-0.2, 0) is 0 Å². The van der Waals surface area contributed by atoms with Crippen LogP contribution < -0.4 is 0 Å². The quantitative estimate of drug-likeness (QED) is 0.517. The molecule has 0 fully saturated rings. The van der Waals surface area contributed by atoms with Crippen LogP contribution >= 0.6 is 35.1 Å². The fraction of sp³-hybridized carbons (Fsp3) is 0. The van der Waals surface area contributed by atoms with Crippen LogP contribution in [0.1, 0.15) is 0 Å². The Kier molecular flexibility index (Phi) is 4.42. The Balaban J connectivity index is 1.97. The topological polar surface area (TPSA) is 24.7 Å². The van der Waals surface area contributed by atoms with Gasteiger partial charge in [0.15, 0.2) is 0 Å². The summed E-state index contributed by atoms with van der Waals surface area (Å²) in [5.74, 6) is 0. The van der Waals surface area contributed by atoms with Crippen LogP contribution in [0.2, 0.25) is 10.0 Å². The van der Waals surface area contributed by atoms with E-state index in [1.54, 1.807) is 12.1 Å². The average Bonchev–Trinajstić information content (AvgIpc) is 2.34. The summed E-state index contributed by atoms with van der Waals surface area (Å²) in [6.45, 7) is 0. The molecule has 2 aromatic carbocycles. The van der Waals surface area contributed by atoms with Crippen molar-refractivity contribution in [1.82, 2.24) is 0 Å². The van der Waals surface area contributed by atoms with Gasteiger partial charge in [-0.2, -0.15) is 0 Å². The Labute approximate surface area is 114 Å². The molecule has 0 spiro atoms. The molecular formula is C12H8Cl2N2S. The first kappa shape index (κ1) is 12.4. The summed E-state index contributed by atoms with van der Waals surface area (Å²) in [5.41, 5.74) is 0.774. The molecule has 2 aromatic rings.